The van der Waals surface area contributed by atoms with Gasteiger partial charge in [-0.1, -0.05) is 12.1 Å². The fourth-order valence-electron chi connectivity index (χ4n) is 1.14. The van der Waals surface area contributed by atoms with E-state index in [0.717, 1.165) is 6.26 Å². The van der Waals surface area contributed by atoms with Crippen molar-refractivity contribution in [3.63, 3.8) is 0 Å². The molecule has 0 radical (unpaired) electrons. The van der Waals surface area contributed by atoms with Crippen LogP contribution in [0.1, 0.15) is 5.56 Å². The van der Waals surface area contributed by atoms with Crippen molar-refractivity contribution in [2.45, 2.75) is 17.5 Å². The molecule has 0 atom stereocenters. The summed E-state index contributed by atoms with van der Waals surface area (Å²) in [6, 6.07) is 4.74. The number of hydrogen-bond acceptors (Lipinski definition) is 3. The number of alkyl halides is 3. The molecule has 17 heavy (non-hydrogen) atoms. The lowest BCUT2D eigenvalue weighted by Gasteiger charge is -2.05. The summed E-state index contributed by atoms with van der Waals surface area (Å²) in [5.74, 6) is -1.86. The van der Waals surface area contributed by atoms with Gasteiger partial charge in [0.25, 0.3) is 0 Å². The van der Waals surface area contributed by atoms with Crippen LogP contribution in [0.25, 0.3) is 0 Å². The molecule has 0 N–H and O–H groups in total. The average molecular weight is 266 g/mol. The van der Waals surface area contributed by atoms with E-state index in [1.165, 1.54) is 24.3 Å². The van der Waals surface area contributed by atoms with Gasteiger partial charge >= 0.3 is 6.18 Å². The van der Waals surface area contributed by atoms with Crippen LogP contribution in [0.15, 0.2) is 29.2 Å². The van der Waals surface area contributed by atoms with Crippen molar-refractivity contribution in [1.29, 1.82) is 0 Å². The zero-order valence-corrected chi connectivity index (χ0v) is 9.60. The molecule has 0 aliphatic carbocycles. The maximum Gasteiger partial charge on any atom is 0.450 e. The molecule has 0 amide bonds. The first-order valence-corrected chi connectivity index (χ1v) is 6.39. The fraction of sp³-hybridized carbons (Fsp3) is 0.300. The van der Waals surface area contributed by atoms with E-state index in [4.69, 9.17) is 0 Å². The smallest absolute Gasteiger partial charge is 0.289 e. The van der Waals surface area contributed by atoms with Gasteiger partial charge in [0.1, 0.15) is 0 Å². The quantitative estimate of drug-likeness (QED) is 0.837. The lowest BCUT2D eigenvalue weighted by atomic mass is 10.1. The van der Waals surface area contributed by atoms with Gasteiger partial charge in [-0.3, -0.25) is 4.79 Å². The number of carbonyl (C=O) groups is 1. The van der Waals surface area contributed by atoms with Crippen molar-refractivity contribution in [2.75, 3.05) is 6.26 Å². The minimum atomic E-state index is -4.87. The van der Waals surface area contributed by atoms with Crippen molar-refractivity contribution in [3.05, 3.63) is 29.8 Å². The predicted molar refractivity (Wildman–Crippen MR) is 54.3 cm³/mol. The molecule has 3 nitrogen and oxygen atoms in total. The largest absolute Gasteiger partial charge is 0.450 e. The third-order valence-electron chi connectivity index (χ3n) is 2.03. The van der Waals surface area contributed by atoms with E-state index in [-0.39, 0.29) is 10.5 Å². The van der Waals surface area contributed by atoms with Crippen LogP contribution in [0.2, 0.25) is 0 Å². The Balaban J connectivity index is 2.87. The Bertz CT molecular complexity index is 515. The number of Topliss-reactive ketones (excluding diaryl/α,β-unsaturated/α-hetero) is 1. The Morgan fingerprint density at radius 2 is 1.65 bits per heavy atom. The van der Waals surface area contributed by atoms with Gasteiger partial charge in [0, 0.05) is 12.7 Å². The molecule has 7 heteroatoms. The highest BCUT2D eigenvalue weighted by molar-refractivity contribution is 7.90. The number of sulfone groups is 1. The lowest BCUT2D eigenvalue weighted by Crippen LogP contribution is -2.24. The summed E-state index contributed by atoms with van der Waals surface area (Å²) in [7, 11) is -3.38. The molecule has 1 aromatic rings. The van der Waals surface area contributed by atoms with Gasteiger partial charge in [0.15, 0.2) is 9.84 Å². The van der Waals surface area contributed by atoms with Crippen LogP contribution >= 0.6 is 0 Å². The minimum absolute atomic E-state index is 0.000655. The van der Waals surface area contributed by atoms with Crippen LogP contribution in [0.3, 0.4) is 0 Å². The number of rotatable bonds is 3. The Labute approximate surface area is 96.2 Å². The summed E-state index contributed by atoms with van der Waals surface area (Å²) in [5, 5.41) is 0. The van der Waals surface area contributed by atoms with Gasteiger partial charge in [-0.25, -0.2) is 8.42 Å². The van der Waals surface area contributed by atoms with Crippen molar-refractivity contribution in [3.8, 4) is 0 Å². The average Bonchev–Trinajstić information content (AvgIpc) is 2.15. The highest BCUT2D eigenvalue weighted by Gasteiger charge is 2.37. The molecular weight excluding hydrogens is 257 g/mol. The standard InChI is InChI=1S/C10H9F3O3S/c1-17(15,16)8-4-2-7(3-5-8)6-9(14)10(11,12)13/h2-5H,6H2,1H3. The van der Waals surface area contributed by atoms with Crippen LogP contribution in [-0.2, 0) is 21.1 Å². The van der Waals surface area contributed by atoms with Crippen LogP contribution in [0.5, 0.6) is 0 Å². The van der Waals surface area contributed by atoms with Gasteiger partial charge in [-0.15, -0.1) is 0 Å². The summed E-state index contributed by atoms with van der Waals surface area (Å²) >= 11 is 0. The van der Waals surface area contributed by atoms with Crippen LogP contribution in [0.4, 0.5) is 13.2 Å². The van der Waals surface area contributed by atoms with Gasteiger partial charge in [-0.05, 0) is 17.7 Å². The second kappa shape index (κ2) is 4.48. The van der Waals surface area contributed by atoms with E-state index in [1.807, 2.05) is 0 Å². The Hall–Kier alpha value is -1.37. The molecule has 0 bridgehead atoms. The molecule has 94 valence electrons. The molecule has 0 spiro atoms. The zero-order chi connectivity index (χ0) is 13.3. The zero-order valence-electron chi connectivity index (χ0n) is 8.78. The minimum Gasteiger partial charge on any atom is -0.289 e. The molecule has 0 aliphatic heterocycles. The van der Waals surface area contributed by atoms with Gasteiger partial charge in [0.2, 0.25) is 5.78 Å². The highest BCUT2D eigenvalue weighted by Crippen LogP contribution is 2.19. The van der Waals surface area contributed by atoms with Crippen molar-refractivity contribution in [2.24, 2.45) is 0 Å². The molecule has 0 aliphatic rings. The summed E-state index contributed by atoms with van der Waals surface area (Å²) in [4.78, 5) is 10.7. The van der Waals surface area contributed by atoms with Crippen molar-refractivity contribution < 1.29 is 26.4 Å². The lowest BCUT2D eigenvalue weighted by molar-refractivity contribution is -0.170. The Morgan fingerprint density at radius 1 is 1.18 bits per heavy atom. The Morgan fingerprint density at radius 3 is 2.00 bits per heavy atom. The van der Waals surface area contributed by atoms with Gasteiger partial charge in [0.05, 0.1) is 4.90 Å². The number of halogens is 3. The first-order chi connectivity index (χ1) is 7.60. The first kappa shape index (κ1) is 13.7. The maximum absolute atomic E-state index is 12.0. The van der Waals surface area contributed by atoms with E-state index in [9.17, 15) is 26.4 Å². The normalized spacial score (nSPS) is 12.5. The predicted octanol–water partition coefficient (Wildman–Crippen LogP) is 1.76. The highest BCUT2D eigenvalue weighted by atomic mass is 32.2. The molecule has 1 aromatic carbocycles. The van der Waals surface area contributed by atoms with E-state index < -0.39 is 28.2 Å². The van der Waals surface area contributed by atoms with E-state index in [1.54, 1.807) is 0 Å². The Kier molecular flexibility index (Phi) is 3.61. The molecule has 0 fully saturated rings. The first-order valence-electron chi connectivity index (χ1n) is 4.50. The van der Waals surface area contributed by atoms with Crippen molar-refractivity contribution in [1.82, 2.24) is 0 Å². The van der Waals surface area contributed by atoms with E-state index in [0.29, 0.717) is 0 Å². The third-order valence-corrected chi connectivity index (χ3v) is 3.16. The SMILES string of the molecule is CS(=O)(=O)c1ccc(CC(=O)C(F)(F)F)cc1. The second-order valence-corrected chi connectivity index (χ2v) is 5.53. The summed E-state index contributed by atoms with van der Waals surface area (Å²) < 4.78 is 58.0. The van der Waals surface area contributed by atoms with E-state index in [2.05, 4.69) is 0 Å². The molecule has 0 aromatic heterocycles. The summed E-state index contributed by atoms with van der Waals surface area (Å²) in [5.41, 5.74) is 0.125. The second-order valence-electron chi connectivity index (χ2n) is 3.51. The monoisotopic (exact) mass is 266 g/mol. The third kappa shape index (κ3) is 3.85. The van der Waals surface area contributed by atoms with Crippen molar-refractivity contribution >= 4 is 15.6 Å². The topological polar surface area (TPSA) is 51.2 Å². The molecule has 0 saturated heterocycles. The van der Waals surface area contributed by atoms with E-state index >= 15 is 0 Å². The van der Waals surface area contributed by atoms with Crippen LogP contribution in [0, 0.1) is 0 Å². The molecule has 0 unspecified atom stereocenters. The number of ketones is 1. The molecule has 0 heterocycles. The molecule has 0 saturated carbocycles. The van der Waals surface area contributed by atoms with Crippen LogP contribution in [-0.4, -0.2) is 26.6 Å². The molecule has 1 rings (SSSR count). The molecular formula is C10H9F3O3S. The summed E-state index contributed by atoms with van der Waals surface area (Å²) in [6.07, 6.45) is -4.66. The van der Waals surface area contributed by atoms with Gasteiger partial charge < -0.3 is 0 Å². The van der Waals surface area contributed by atoms with Gasteiger partial charge in [-0.2, -0.15) is 13.2 Å². The number of benzene rings is 1. The fourth-order valence-corrected chi connectivity index (χ4v) is 1.77. The maximum atomic E-state index is 12.0. The number of carbonyl (C=O) groups excluding carboxylic acids is 1. The van der Waals surface area contributed by atoms with Crippen LogP contribution < -0.4 is 0 Å². The summed E-state index contributed by atoms with van der Waals surface area (Å²) in [6.45, 7) is 0. The number of hydrogen-bond donors (Lipinski definition) is 0.